The minimum absolute atomic E-state index is 0.0158. The van der Waals surface area contributed by atoms with Crippen molar-refractivity contribution in [3.63, 3.8) is 0 Å². The summed E-state index contributed by atoms with van der Waals surface area (Å²) in [5, 5.41) is 2.95. The van der Waals surface area contributed by atoms with Gasteiger partial charge in [0.1, 0.15) is 4.83 Å². The van der Waals surface area contributed by atoms with Crippen LogP contribution in [0.2, 0.25) is 0 Å². The quantitative estimate of drug-likeness (QED) is 0.296. The standard InChI is InChI=1S/C19H23N3O4S2/c1-3-8-22-17(24)14-7-11-27-16(14)20-19(22)28-12-15(23)21-9-5-13(6-10-21)18(25)26-4-2/h3,7,11,13H,1,4-6,8-10,12H2,2H3. The highest BCUT2D eigenvalue weighted by molar-refractivity contribution is 7.99. The van der Waals surface area contributed by atoms with E-state index in [1.807, 2.05) is 5.38 Å². The SMILES string of the molecule is C=CCn1c(SCC(=O)N2CCC(C(=O)OCC)CC2)nc2sccc2c1=O. The molecule has 0 bridgehead atoms. The smallest absolute Gasteiger partial charge is 0.309 e. The number of fused-ring (bicyclic) bond motifs is 1. The van der Waals surface area contributed by atoms with Gasteiger partial charge >= 0.3 is 5.97 Å². The van der Waals surface area contributed by atoms with Gasteiger partial charge in [-0.1, -0.05) is 17.8 Å². The van der Waals surface area contributed by atoms with Crippen LogP contribution in [0.1, 0.15) is 19.8 Å². The summed E-state index contributed by atoms with van der Waals surface area (Å²) in [6.07, 6.45) is 2.89. The number of thiophene rings is 1. The first kappa shape index (κ1) is 20.6. The first-order valence-electron chi connectivity index (χ1n) is 9.21. The van der Waals surface area contributed by atoms with E-state index in [0.717, 1.165) is 0 Å². The number of hydrogen-bond donors (Lipinski definition) is 0. The lowest BCUT2D eigenvalue weighted by Crippen LogP contribution is -2.41. The molecule has 1 saturated heterocycles. The predicted octanol–water partition coefficient (Wildman–Crippen LogP) is 2.54. The highest BCUT2D eigenvalue weighted by atomic mass is 32.2. The molecule has 7 nitrogen and oxygen atoms in total. The molecule has 0 atom stereocenters. The number of rotatable bonds is 7. The molecule has 150 valence electrons. The normalized spacial score (nSPS) is 15.0. The number of piperidine rings is 1. The van der Waals surface area contributed by atoms with Crippen LogP contribution in [0.5, 0.6) is 0 Å². The average molecular weight is 422 g/mol. The maximum atomic E-state index is 12.6. The Morgan fingerprint density at radius 2 is 2.18 bits per heavy atom. The summed E-state index contributed by atoms with van der Waals surface area (Å²) in [5.74, 6) is -0.119. The number of nitrogens with zero attached hydrogens (tertiary/aromatic N) is 3. The third kappa shape index (κ3) is 4.47. The van der Waals surface area contributed by atoms with Gasteiger partial charge in [-0.3, -0.25) is 19.0 Å². The summed E-state index contributed by atoms with van der Waals surface area (Å²) < 4.78 is 6.61. The zero-order valence-electron chi connectivity index (χ0n) is 15.8. The predicted molar refractivity (Wildman–Crippen MR) is 111 cm³/mol. The number of carbonyl (C=O) groups excluding carboxylic acids is 2. The van der Waals surface area contributed by atoms with Crippen LogP contribution < -0.4 is 5.56 Å². The maximum absolute atomic E-state index is 12.6. The van der Waals surface area contributed by atoms with Crippen LogP contribution in [0.15, 0.2) is 34.1 Å². The van der Waals surface area contributed by atoms with Crippen molar-refractivity contribution in [2.24, 2.45) is 5.92 Å². The molecule has 0 aliphatic carbocycles. The first-order valence-corrected chi connectivity index (χ1v) is 11.1. The van der Waals surface area contributed by atoms with Crippen molar-refractivity contribution >= 4 is 45.2 Å². The zero-order chi connectivity index (χ0) is 20.1. The Morgan fingerprint density at radius 3 is 2.86 bits per heavy atom. The fraction of sp³-hybridized carbons (Fsp3) is 0.474. The van der Waals surface area contributed by atoms with E-state index in [2.05, 4.69) is 11.6 Å². The van der Waals surface area contributed by atoms with Crippen LogP contribution in [-0.2, 0) is 20.9 Å². The summed E-state index contributed by atoms with van der Waals surface area (Å²) in [6, 6.07) is 1.77. The van der Waals surface area contributed by atoms with Crippen molar-refractivity contribution in [3.8, 4) is 0 Å². The molecular weight excluding hydrogens is 398 g/mol. The van der Waals surface area contributed by atoms with Gasteiger partial charge in [0.2, 0.25) is 5.91 Å². The van der Waals surface area contributed by atoms with E-state index in [4.69, 9.17) is 4.74 Å². The van der Waals surface area contributed by atoms with Crippen LogP contribution >= 0.6 is 23.1 Å². The Morgan fingerprint density at radius 1 is 1.43 bits per heavy atom. The lowest BCUT2D eigenvalue weighted by molar-refractivity contribution is -0.151. The molecule has 2 aromatic heterocycles. The van der Waals surface area contributed by atoms with Gasteiger partial charge < -0.3 is 9.64 Å². The van der Waals surface area contributed by atoms with Crippen LogP contribution in [0.4, 0.5) is 0 Å². The van der Waals surface area contributed by atoms with Gasteiger partial charge in [0.25, 0.3) is 5.56 Å². The fourth-order valence-corrected chi connectivity index (χ4v) is 4.89. The van der Waals surface area contributed by atoms with Gasteiger partial charge in [0.15, 0.2) is 5.16 Å². The zero-order valence-corrected chi connectivity index (χ0v) is 17.4. The number of hydrogen-bond acceptors (Lipinski definition) is 7. The van der Waals surface area contributed by atoms with Crippen molar-refractivity contribution in [1.82, 2.24) is 14.5 Å². The average Bonchev–Trinajstić information content (AvgIpc) is 3.18. The molecule has 3 heterocycles. The molecule has 0 N–H and O–H groups in total. The number of carbonyl (C=O) groups is 2. The number of esters is 1. The monoisotopic (exact) mass is 421 g/mol. The van der Waals surface area contributed by atoms with E-state index < -0.39 is 0 Å². The number of amides is 1. The summed E-state index contributed by atoms with van der Waals surface area (Å²) in [6.45, 7) is 7.30. The molecule has 3 rings (SSSR count). The molecule has 1 fully saturated rings. The van der Waals surface area contributed by atoms with Gasteiger partial charge in [-0.2, -0.15) is 0 Å². The van der Waals surface area contributed by atoms with Crippen molar-refractivity contribution in [3.05, 3.63) is 34.5 Å². The van der Waals surface area contributed by atoms with Crippen molar-refractivity contribution < 1.29 is 14.3 Å². The molecule has 0 radical (unpaired) electrons. The van der Waals surface area contributed by atoms with Gasteiger partial charge in [-0.15, -0.1) is 17.9 Å². The third-order valence-corrected chi connectivity index (χ3v) is 6.42. The van der Waals surface area contributed by atoms with E-state index in [1.54, 1.807) is 28.5 Å². The third-order valence-electron chi connectivity index (χ3n) is 4.65. The van der Waals surface area contributed by atoms with Crippen LogP contribution in [0.25, 0.3) is 10.2 Å². The molecule has 2 aromatic rings. The molecule has 1 aliphatic heterocycles. The molecular formula is C19H23N3O4S2. The van der Waals surface area contributed by atoms with E-state index in [9.17, 15) is 14.4 Å². The number of aromatic nitrogens is 2. The van der Waals surface area contributed by atoms with Gasteiger partial charge in [-0.25, -0.2) is 4.98 Å². The molecule has 0 saturated carbocycles. The van der Waals surface area contributed by atoms with E-state index in [1.165, 1.54) is 23.1 Å². The minimum atomic E-state index is -0.175. The van der Waals surface area contributed by atoms with E-state index in [-0.39, 0.29) is 29.1 Å². The number of ether oxygens (including phenoxy) is 1. The maximum Gasteiger partial charge on any atom is 0.309 e. The Bertz CT molecular complexity index is 929. The van der Waals surface area contributed by atoms with Gasteiger partial charge in [0, 0.05) is 19.6 Å². The Hall–Kier alpha value is -2.13. The largest absolute Gasteiger partial charge is 0.466 e. The summed E-state index contributed by atoms with van der Waals surface area (Å²) in [7, 11) is 0. The summed E-state index contributed by atoms with van der Waals surface area (Å²) in [4.78, 5) is 44.0. The Kier molecular flexibility index (Phi) is 6.90. The van der Waals surface area contributed by atoms with Gasteiger partial charge in [-0.05, 0) is 31.2 Å². The van der Waals surface area contributed by atoms with E-state index in [0.29, 0.717) is 54.5 Å². The first-order chi connectivity index (χ1) is 13.5. The van der Waals surface area contributed by atoms with Crippen molar-refractivity contribution in [2.75, 3.05) is 25.4 Å². The molecule has 1 aliphatic rings. The highest BCUT2D eigenvalue weighted by Crippen LogP contribution is 2.23. The molecule has 0 aromatic carbocycles. The van der Waals surface area contributed by atoms with Gasteiger partial charge in [0.05, 0.1) is 23.7 Å². The van der Waals surface area contributed by atoms with E-state index >= 15 is 0 Å². The van der Waals surface area contributed by atoms with Crippen molar-refractivity contribution in [2.45, 2.75) is 31.5 Å². The van der Waals surface area contributed by atoms with Crippen LogP contribution in [0.3, 0.4) is 0 Å². The molecule has 9 heteroatoms. The lowest BCUT2D eigenvalue weighted by atomic mass is 9.97. The number of likely N-dealkylation sites (tertiary alicyclic amines) is 1. The number of thioether (sulfide) groups is 1. The second-order valence-electron chi connectivity index (χ2n) is 6.43. The Labute approximate surface area is 171 Å². The minimum Gasteiger partial charge on any atom is -0.466 e. The van der Waals surface area contributed by atoms with Crippen LogP contribution in [0, 0.1) is 5.92 Å². The lowest BCUT2D eigenvalue weighted by Gasteiger charge is -2.30. The molecule has 28 heavy (non-hydrogen) atoms. The second-order valence-corrected chi connectivity index (χ2v) is 8.27. The van der Waals surface area contributed by atoms with Crippen molar-refractivity contribution in [1.29, 1.82) is 0 Å². The molecule has 0 spiro atoms. The molecule has 1 amide bonds. The number of allylic oxidation sites excluding steroid dienone is 1. The molecule has 0 unspecified atom stereocenters. The topological polar surface area (TPSA) is 81.5 Å². The second kappa shape index (κ2) is 9.38. The Balaban J connectivity index is 1.63. The highest BCUT2D eigenvalue weighted by Gasteiger charge is 2.28. The summed E-state index contributed by atoms with van der Waals surface area (Å²) in [5.41, 5.74) is -0.114. The summed E-state index contributed by atoms with van der Waals surface area (Å²) >= 11 is 2.67. The fourth-order valence-electron chi connectivity index (χ4n) is 3.17. The van der Waals surface area contributed by atoms with Crippen LogP contribution in [-0.4, -0.2) is 51.8 Å².